The van der Waals surface area contributed by atoms with Crippen LogP contribution in [-0.4, -0.2) is 85.3 Å². The largest absolute Gasteiger partial charge is 0.379 e. The van der Waals surface area contributed by atoms with Crippen molar-refractivity contribution in [3.05, 3.63) is 0 Å². The molecule has 2 fully saturated rings. The van der Waals surface area contributed by atoms with Crippen LogP contribution in [0.5, 0.6) is 0 Å². The van der Waals surface area contributed by atoms with Crippen molar-refractivity contribution in [2.24, 2.45) is 10.9 Å². The van der Waals surface area contributed by atoms with Crippen molar-refractivity contribution in [1.82, 2.24) is 15.1 Å². The third kappa shape index (κ3) is 6.51. The Bertz CT molecular complexity index is 383. The van der Waals surface area contributed by atoms with Gasteiger partial charge in [0.2, 0.25) is 0 Å². The summed E-state index contributed by atoms with van der Waals surface area (Å²) in [6, 6.07) is 0. The van der Waals surface area contributed by atoms with Gasteiger partial charge in [-0.05, 0) is 26.7 Å². The van der Waals surface area contributed by atoms with E-state index in [0.29, 0.717) is 10.7 Å². The average Bonchev–Trinajstić information content (AvgIpc) is 2.51. The van der Waals surface area contributed by atoms with Crippen LogP contribution in [0.1, 0.15) is 27.7 Å². The van der Waals surface area contributed by atoms with Crippen LogP contribution in [0.25, 0.3) is 0 Å². The van der Waals surface area contributed by atoms with Gasteiger partial charge in [0.15, 0.2) is 5.96 Å². The van der Waals surface area contributed by atoms with E-state index in [1.807, 2.05) is 0 Å². The second-order valence-electron chi connectivity index (χ2n) is 7.24. The van der Waals surface area contributed by atoms with Crippen molar-refractivity contribution < 1.29 is 4.74 Å². The van der Waals surface area contributed by atoms with Crippen LogP contribution in [-0.2, 0) is 4.74 Å². The molecule has 1 atom stereocenters. The normalized spacial score (nSPS) is 24.5. The Morgan fingerprint density at radius 2 is 2.04 bits per heavy atom. The van der Waals surface area contributed by atoms with E-state index in [0.717, 1.165) is 65.0 Å². The summed E-state index contributed by atoms with van der Waals surface area (Å²) >= 11 is 2.06. The molecule has 23 heavy (non-hydrogen) atoms. The van der Waals surface area contributed by atoms with E-state index in [1.54, 1.807) is 0 Å². The standard InChI is InChI=1S/C17H34N4OS/c1-5-18-16(21-8-11-23-17(3,4)14-21)19-12-15(2)13-20-6-9-22-10-7-20/h15H,5-14H2,1-4H3,(H,18,19). The number of hydrogen-bond acceptors (Lipinski definition) is 4. The van der Waals surface area contributed by atoms with Crippen molar-refractivity contribution in [1.29, 1.82) is 0 Å². The first-order valence-electron chi connectivity index (χ1n) is 8.97. The smallest absolute Gasteiger partial charge is 0.193 e. The molecule has 0 aliphatic carbocycles. The lowest BCUT2D eigenvalue weighted by Crippen LogP contribution is -2.51. The number of aliphatic imine (C=N–C) groups is 1. The van der Waals surface area contributed by atoms with Crippen LogP contribution in [0.2, 0.25) is 0 Å². The number of thioether (sulfide) groups is 1. The van der Waals surface area contributed by atoms with E-state index < -0.39 is 0 Å². The van der Waals surface area contributed by atoms with E-state index in [1.165, 1.54) is 5.75 Å². The molecule has 2 saturated heterocycles. The SMILES string of the molecule is CCNC(=NCC(C)CN1CCOCC1)N1CCSC(C)(C)C1. The molecular weight excluding hydrogens is 308 g/mol. The molecule has 2 rings (SSSR count). The third-order valence-corrected chi connectivity index (χ3v) is 5.58. The van der Waals surface area contributed by atoms with Gasteiger partial charge in [0.05, 0.1) is 13.2 Å². The van der Waals surface area contributed by atoms with Crippen molar-refractivity contribution in [2.45, 2.75) is 32.4 Å². The first-order valence-corrected chi connectivity index (χ1v) is 9.96. The van der Waals surface area contributed by atoms with Gasteiger partial charge in [-0.15, -0.1) is 0 Å². The molecule has 0 aromatic carbocycles. The van der Waals surface area contributed by atoms with Gasteiger partial charge in [0.1, 0.15) is 0 Å². The second-order valence-corrected chi connectivity index (χ2v) is 9.04. The van der Waals surface area contributed by atoms with Gasteiger partial charge in [-0.25, -0.2) is 0 Å². The second kappa shape index (κ2) is 9.14. The zero-order valence-corrected chi connectivity index (χ0v) is 16.1. The summed E-state index contributed by atoms with van der Waals surface area (Å²) < 4.78 is 5.74. The fraction of sp³-hybridized carbons (Fsp3) is 0.941. The van der Waals surface area contributed by atoms with E-state index >= 15 is 0 Å². The molecule has 134 valence electrons. The van der Waals surface area contributed by atoms with E-state index in [4.69, 9.17) is 9.73 Å². The summed E-state index contributed by atoms with van der Waals surface area (Å²) in [5.41, 5.74) is 0. The zero-order chi connectivity index (χ0) is 16.7. The molecule has 0 saturated carbocycles. The number of morpholine rings is 1. The van der Waals surface area contributed by atoms with Crippen LogP contribution in [0.3, 0.4) is 0 Å². The Hall–Kier alpha value is -0.460. The number of guanidine groups is 1. The molecular formula is C17H34N4OS. The fourth-order valence-electron chi connectivity index (χ4n) is 3.15. The summed E-state index contributed by atoms with van der Waals surface area (Å²) in [6.07, 6.45) is 0. The molecule has 2 aliphatic heterocycles. The van der Waals surface area contributed by atoms with E-state index in [-0.39, 0.29) is 0 Å². The Labute approximate surface area is 146 Å². The minimum atomic E-state index is 0.313. The minimum absolute atomic E-state index is 0.313. The van der Waals surface area contributed by atoms with Gasteiger partial charge >= 0.3 is 0 Å². The Kier molecular flexibility index (Phi) is 7.50. The molecule has 0 aromatic heterocycles. The van der Waals surface area contributed by atoms with Crippen molar-refractivity contribution in [3.8, 4) is 0 Å². The molecule has 0 spiro atoms. The highest BCUT2D eigenvalue weighted by molar-refractivity contribution is 8.00. The van der Waals surface area contributed by atoms with Crippen LogP contribution in [0, 0.1) is 5.92 Å². The molecule has 0 bridgehead atoms. The quantitative estimate of drug-likeness (QED) is 0.609. The van der Waals surface area contributed by atoms with Gasteiger partial charge in [-0.2, -0.15) is 11.8 Å². The first kappa shape index (κ1) is 18.9. The summed E-state index contributed by atoms with van der Waals surface area (Å²) in [4.78, 5) is 9.86. The number of nitrogens with one attached hydrogen (secondary N) is 1. The highest BCUT2D eigenvalue weighted by atomic mass is 32.2. The molecule has 0 radical (unpaired) electrons. The van der Waals surface area contributed by atoms with E-state index in [2.05, 4.69) is 54.6 Å². The predicted octanol–water partition coefficient (Wildman–Crippen LogP) is 1.75. The predicted molar refractivity (Wildman–Crippen MR) is 101 cm³/mol. The van der Waals surface area contributed by atoms with Gasteiger partial charge in [0, 0.05) is 56.3 Å². The lowest BCUT2D eigenvalue weighted by molar-refractivity contribution is 0.0323. The number of nitrogens with zero attached hydrogens (tertiary/aromatic N) is 3. The molecule has 1 unspecified atom stereocenters. The first-order chi connectivity index (χ1) is 11.0. The maximum atomic E-state index is 5.42. The number of ether oxygens (including phenoxy) is 1. The van der Waals surface area contributed by atoms with Crippen molar-refractivity contribution in [3.63, 3.8) is 0 Å². The topological polar surface area (TPSA) is 40.1 Å². The van der Waals surface area contributed by atoms with Gasteiger partial charge < -0.3 is 15.0 Å². The molecule has 2 aliphatic rings. The molecule has 2 heterocycles. The molecule has 0 aromatic rings. The van der Waals surface area contributed by atoms with E-state index in [9.17, 15) is 0 Å². The van der Waals surface area contributed by atoms with Crippen LogP contribution in [0.4, 0.5) is 0 Å². The highest BCUT2D eigenvalue weighted by Gasteiger charge is 2.28. The lowest BCUT2D eigenvalue weighted by atomic mass is 10.1. The maximum Gasteiger partial charge on any atom is 0.193 e. The summed E-state index contributed by atoms with van der Waals surface area (Å²) in [6.45, 7) is 18.1. The summed E-state index contributed by atoms with van der Waals surface area (Å²) in [5, 5.41) is 3.48. The van der Waals surface area contributed by atoms with Crippen molar-refractivity contribution >= 4 is 17.7 Å². The minimum Gasteiger partial charge on any atom is -0.379 e. The highest BCUT2D eigenvalue weighted by Crippen LogP contribution is 2.29. The number of rotatable bonds is 5. The van der Waals surface area contributed by atoms with Gasteiger partial charge in [0.25, 0.3) is 0 Å². The lowest BCUT2D eigenvalue weighted by Gasteiger charge is -2.39. The maximum absolute atomic E-state index is 5.42. The fourth-order valence-corrected chi connectivity index (χ4v) is 4.26. The van der Waals surface area contributed by atoms with Gasteiger partial charge in [-0.1, -0.05) is 6.92 Å². The number of hydrogen-bond donors (Lipinski definition) is 1. The summed E-state index contributed by atoms with van der Waals surface area (Å²) in [7, 11) is 0. The molecule has 1 N–H and O–H groups in total. The monoisotopic (exact) mass is 342 g/mol. The van der Waals surface area contributed by atoms with Crippen molar-refractivity contribution in [2.75, 3.05) is 64.8 Å². The van der Waals surface area contributed by atoms with Crippen LogP contribution < -0.4 is 5.32 Å². The third-order valence-electron chi connectivity index (χ3n) is 4.29. The molecule has 0 amide bonds. The summed E-state index contributed by atoms with van der Waals surface area (Å²) in [5.74, 6) is 2.85. The molecule has 6 heteroatoms. The molecule has 5 nitrogen and oxygen atoms in total. The Morgan fingerprint density at radius 1 is 1.30 bits per heavy atom. The Morgan fingerprint density at radius 3 is 2.70 bits per heavy atom. The average molecular weight is 343 g/mol. The zero-order valence-electron chi connectivity index (χ0n) is 15.3. The van der Waals surface area contributed by atoms with Gasteiger partial charge in [-0.3, -0.25) is 9.89 Å². The van der Waals surface area contributed by atoms with Crippen LogP contribution in [0.15, 0.2) is 4.99 Å². The Balaban J connectivity index is 1.87. The van der Waals surface area contributed by atoms with Crippen LogP contribution >= 0.6 is 11.8 Å².